The smallest absolute Gasteiger partial charge is 0.213 e. The molecule has 9 heteroatoms. The number of anilines is 1. The second-order valence-corrected chi connectivity index (χ2v) is 9.55. The summed E-state index contributed by atoms with van der Waals surface area (Å²) in [7, 11) is -3.30. The Hall–Kier alpha value is -1.87. The molecule has 2 aliphatic rings. The highest BCUT2D eigenvalue weighted by Gasteiger charge is 2.22. The van der Waals surface area contributed by atoms with E-state index in [1.807, 2.05) is 17.9 Å². The summed E-state index contributed by atoms with van der Waals surface area (Å²) >= 11 is 0. The van der Waals surface area contributed by atoms with E-state index in [2.05, 4.69) is 19.9 Å². The van der Waals surface area contributed by atoms with Gasteiger partial charge in [0.25, 0.3) is 0 Å². The Labute approximate surface area is 173 Å². The summed E-state index contributed by atoms with van der Waals surface area (Å²) in [6.45, 7) is 6.24. The molecule has 1 heterocycles. The topological polar surface area (TPSA) is 77.0 Å². The lowest BCUT2D eigenvalue weighted by Crippen LogP contribution is -2.52. The molecule has 0 atom stereocenters. The number of guanidine groups is 1. The maximum Gasteiger partial charge on any atom is 0.213 e. The summed E-state index contributed by atoms with van der Waals surface area (Å²) in [4.78, 5) is 8.66. The van der Waals surface area contributed by atoms with E-state index in [9.17, 15) is 12.8 Å². The van der Waals surface area contributed by atoms with Gasteiger partial charge in [0.05, 0.1) is 18.0 Å². The minimum absolute atomic E-state index is 0.0101. The molecule has 7 nitrogen and oxygen atoms in total. The Morgan fingerprint density at radius 2 is 1.93 bits per heavy atom. The number of sulfonamides is 1. The van der Waals surface area contributed by atoms with Gasteiger partial charge in [-0.1, -0.05) is 18.6 Å². The van der Waals surface area contributed by atoms with Gasteiger partial charge in [-0.05, 0) is 37.8 Å². The summed E-state index contributed by atoms with van der Waals surface area (Å²) in [6, 6.07) is 6.81. The maximum atomic E-state index is 14.0. The summed E-state index contributed by atoms with van der Waals surface area (Å²) < 4.78 is 41.0. The molecule has 162 valence electrons. The van der Waals surface area contributed by atoms with Crippen LogP contribution >= 0.6 is 0 Å². The van der Waals surface area contributed by atoms with Crippen molar-refractivity contribution in [1.29, 1.82) is 0 Å². The number of nitrogens with one attached hydrogen (secondary N) is 2. The van der Waals surface area contributed by atoms with Gasteiger partial charge >= 0.3 is 0 Å². The summed E-state index contributed by atoms with van der Waals surface area (Å²) in [5.41, 5.74) is 0.623. The van der Waals surface area contributed by atoms with E-state index in [1.54, 1.807) is 12.1 Å². The van der Waals surface area contributed by atoms with Crippen LogP contribution < -0.4 is 14.9 Å². The molecule has 1 aliphatic heterocycles. The lowest BCUT2D eigenvalue weighted by atomic mass is 9.86. The third kappa shape index (κ3) is 6.30. The number of benzene rings is 1. The molecular weight excluding hydrogens is 393 g/mol. The van der Waals surface area contributed by atoms with Crippen molar-refractivity contribution >= 4 is 21.7 Å². The third-order valence-corrected chi connectivity index (χ3v) is 6.87. The van der Waals surface area contributed by atoms with E-state index in [0.717, 1.165) is 18.8 Å². The first-order valence-corrected chi connectivity index (χ1v) is 12.1. The van der Waals surface area contributed by atoms with E-state index in [4.69, 9.17) is 0 Å². The predicted molar refractivity (Wildman–Crippen MR) is 115 cm³/mol. The maximum absolute atomic E-state index is 14.0. The van der Waals surface area contributed by atoms with E-state index in [-0.39, 0.29) is 18.1 Å². The molecule has 1 aromatic rings. The molecule has 1 aromatic carbocycles. The second-order valence-electron chi connectivity index (χ2n) is 7.63. The average Bonchev–Trinajstić information content (AvgIpc) is 2.66. The second kappa shape index (κ2) is 10.2. The average molecular weight is 426 g/mol. The molecule has 29 heavy (non-hydrogen) atoms. The normalized spacial score (nSPS) is 18.6. The van der Waals surface area contributed by atoms with E-state index < -0.39 is 10.0 Å². The fourth-order valence-electron chi connectivity index (χ4n) is 3.58. The van der Waals surface area contributed by atoms with Crippen molar-refractivity contribution in [2.24, 2.45) is 10.9 Å². The van der Waals surface area contributed by atoms with Crippen molar-refractivity contribution in [2.75, 3.05) is 56.5 Å². The van der Waals surface area contributed by atoms with Crippen LogP contribution in [0.1, 0.15) is 26.2 Å². The fraction of sp³-hybridized carbons (Fsp3) is 0.650. The van der Waals surface area contributed by atoms with Gasteiger partial charge in [-0.2, -0.15) is 0 Å². The van der Waals surface area contributed by atoms with Crippen molar-refractivity contribution < 1.29 is 12.8 Å². The molecule has 0 amide bonds. The zero-order valence-electron chi connectivity index (χ0n) is 17.1. The van der Waals surface area contributed by atoms with Crippen molar-refractivity contribution in [2.45, 2.75) is 26.2 Å². The van der Waals surface area contributed by atoms with Crippen molar-refractivity contribution in [3.63, 3.8) is 0 Å². The number of halogens is 1. The summed E-state index contributed by atoms with van der Waals surface area (Å²) in [6.07, 6.45) is 3.43. The number of aliphatic imine (C=N–C) groups is 1. The highest BCUT2D eigenvalue weighted by molar-refractivity contribution is 7.89. The monoisotopic (exact) mass is 425 g/mol. The van der Waals surface area contributed by atoms with Crippen LogP contribution in [0.3, 0.4) is 0 Å². The Balaban J connectivity index is 1.50. The van der Waals surface area contributed by atoms with Gasteiger partial charge in [0.15, 0.2) is 5.96 Å². The van der Waals surface area contributed by atoms with Gasteiger partial charge in [0.2, 0.25) is 10.0 Å². The van der Waals surface area contributed by atoms with Crippen LogP contribution in [0, 0.1) is 11.7 Å². The number of para-hydroxylation sites is 1. The first kappa shape index (κ1) is 21.8. The summed E-state index contributed by atoms with van der Waals surface area (Å²) in [5, 5.41) is 3.24. The molecule has 0 aromatic heterocycles. The van der Waals surface area contributed by atoms with Gasteiger partial charge in [0.1, 0.15) is 5.82 Å². The zero-order valence-corrected chi connectivity index (χ0v) is 17.9. The number of hydrogen-bond acceptors (Lipinski definition) is 4. The van der Waals surface area contributed by atoms with Crippen LogP contribution in [-0.4, -0.2) is 70.8 Å². The minimum Gasteiger partial charge on any atom is -0.366 e. The first-order valence-electron chi connectivity index (χ1n) is 10.5. The Morgan fingerprint density at radius 3 is 2.55 bits per heavy atom. The van der Waals surface area contributed by atoms with Crippen molar-refractivity contribution in [3.05, 3.63) is 30.1 Å². The van der Waals surface area contributed by atoms with E-state index in [0.29, 0.717) is 50.9 Å². The number of rotatable bonds is 8. The van der Waals surface area contributed by atoms with Gasteiger partial charge in [0, 0.05) is 39.3 Å². The molecule has 3 rings (SSSR count). The van der Waals surface area contributed by atoms with Crippen LogP contribution in [0.15, 0.2) is 29.3 Å². The number of nitrogens with zero attached hydrogens (tertiary/aromatic N) is 3. The van der Waals surface area contributed by atoms with Crippen LogP contribution in [0.2, 0.25) is 0 Å². The van der Waals surface area contributed by atoms with Crippen LogP contribution in [0.25, 0.3) is 0 Å². The minimum atomic E-state index is -3.30. The van der Waals surface area contributed by atoms with Gasteiger partial charge < -0.3 is 15.1 Å². The quantitative estimate of drug-likeness (QED) is 0.489. The van der Waals surface area contributed by atoms with Crippen LogP contribution in [0.5, 0.6) is 0 Å². The lowest BCUT2D eigenvalue weighted by Gasteiger charge is -2.37. The molecule has 1 saturated heterocycles. The van der Waals surface area contributed by atoms with Crippen LogP contribution in [0.4, 0.5) is 10.1 Å². The molecule has 2 N–H and O–H groups in total. The Bertz CT molecular complexity index is 790. The number of piperazine rings is 1. The summed E-state index contributed by atoms with van der Waals surface area (Å²) in [5.74, 6) is 0.997. The van der Waals surface area contributed by atoms with Gasteiger partial charge in [-0.15, -0.1) is 0 Å². The SMILES string of the molecule is CCNC(=NCCS(=O)(=O)NCC1CCC1)N1CCN(c2ccccc2F)CC1. The van der Waals surface area contributed by atoms with E-state index >= 15 is 0 Å². The highest BCUT2D eigenvalue weighted by Crippen LogP contribution is 2.25. The molecule has 0 spiro atoms. The molecule has 0 bridgehead atoms. The lowest BCUT2D eigenvalue weighted by molar-refractivity contribution is 0.316. The highest BCUT2D eigenvalue weighted by atomic mass is 32.2. The first-order chi connectivity index (χ1) is 14.0. The Morgan fingerprint density at radius 1 is 1.21 bits per heavy atom. The largest absolute Gasteiger partial charge is 0.366 e. The van der Waals surface area contributed by atoms with Gasteiger partial charge in [-0.3, -0.25) is 4.99 Å². The molecule has 0 unspecified atom stereocenters. The molecule has 0 radical (unpaired) electrons. The number of hydrogen-bond donors (Lipinski definition) is 2. The zero-order chi connectivity index (χ0) is 20.7. The Kier molecular flexibility index (Phi) is 7.71. The molecule has 1 aliphatic carbocycles. The van der Waals surface area contributed by atoms with Crippen LogP contribution in [-0.2, 0) is 10.0 Å². The third-order valence-electron chi connectivity index (χ3n) is 5.55. The van der Waals surface area contributed by atoms with E-state index in [1.165, 1.54) is 12.5 Å². The fourth-order valence-corrected chi connectivity index (χ4v) is 4.54. The van der Waals surface area contributed by atoms with Crippen molar-refractivity contribution in [3.8, 4) is 0 Å². The van der Waals surface area contributed by atoms with Crippen molar-refractivity contribution in [1.82, 2.24) is 14.9 Å². The standard InChI is InChI=1S/C20H32FN5O2S/c1-2-22-20(23-10-15-29(27,28)24-16-17-6-5-7-17)26-13-11-25(12-14-26)19-9-4-3-8-18(19)21/h3-4,8-9,17,24H,2,5-7,10-16H2,1H3,(H,22,23). The predicted octanol–water partition coefficient (Wildman–Crippen LogP) is 1.63. The molecule has 1 saturated carbocycles. The molecule has 2 fully saturated rings. The molecular formula is C20H32FN5O2S. The van der Waals surface area contributed by atoms with Gasteiger partial charge in [-0.25, -0.2) is 17.5 Å².